The molecule has 2 nitrogen and oxygen atoms in total. The lowest BCUT2D eigenvalue weighted by atomic mass is 9.79. The SMILES string of the molecule is CC.Cc1cncc(CCC2(N)CCCCC2)c1. The summed E-state index contributed by atoms with van der Waals surface area (Å²) in [5, 5.41) is 0. The quantitative estimate of drug-likeness (QED) is 0.877. The van der Waals surface area contributed by atoms with E-state index in [0.29, 0.717) is 0 Å². The minimum absolute atomic E-state index is 0.0992. The zero-order valence-electron chi connectivity index (χ0n) is 12.2. The van der Waals surface area contributed by atoms with Crippen LogP contribution in [0.5, 0.6) is 0 Å². The molecular weight excluding hydrogens is 220 g/mol. The van der Waals surface area contributed by atoms with Crippen LogP contribution in [0, 0.1) is 6.92 Å². The summed E-state index contributed by atoms with van der Waals surface area (Å²) in [7, 11) is 0. The molecule has 1 aliphatic rings. The van der Waals surface area contributed by atoms with Crippen LogP contribution in [0.25, 0.3) is 0 Å². The van der Waals surface area contributed by atoms with E-state index in [0.717, 1.165) is 12.8 Å². The lowest BCUT2D eigenvalue weighted by Crippen LogP contribution is -2.42. The van der Waals surface area contributed by atoms with Gasteiger partial charge in [-0.3, -0.25) is 4.98 Å². The van der Waals surface area contributed by atoms with Crippen LogP contribution >= 0.6 is 0 Å². The van der Waals surface area contributed by atoms with Gasteiger partial charge >= 0.3 is 0 Å². The van der Waals surface area contributed by atoms with Gasteiger partial charge in [0, 0.05) is 17.9 Å². The predicted molar refractivity (Wildman–Crippen MR) is 78.6 cm³/mol. The van der Waals surface area contributed by atoms with Gasteiger partial charge in [-0.25, -0.2) is 0 Å². The van der Waals surface area contributed by atoms with E-state index < -0.39 is 0 Å². The fourth-order valence-corrected chi connectivity index (χ4v) is 2.65. The minimum Gasteiger partial charge on any atom is -0.325 e. The van der Waals surface area contributed by atoms with E-state index in [1.54, 1.807) is 0 Å². The van der Waals surface area contributed by atoms with E-state index >= 15 is 0 Å². The van der Waals surface area contributed by atoms with E-state index in [-0.39, 0.29) is 5.54 Å². The Bertz CT molecular complexity index is 341. The van der Waals surface area contributed by atoms with Gasteiger partial charge in [0.25, 0.3) is 0 Å². The number of pyridine rings is 1. The van der Waals surface area contributed by atoms with Gasteiger partial charge in [0.2, 0.25) is 0 Å². The number of nitrogens with two attached hydrogens (primary N) is 1. The summed E-state index contributed by atoms with van der Waals surface area (Å²) in [5.74, 6) is 0. The first kappa shape index (κ1) is 15.2. The Morgan fingerprint density at radius 3 is 2.44 bits per heavy atom. The summed E-state index contributed by atoms with van der Waals surface area (Å²) in [6, 6.07) is 2.22. The maximum Gasteiger partial charge on any atom is 0.0300 e. The predicted octanol–water partition coefficient (Wildman–Crippen LogP) is 4.01. The van der Waals surface area contributed by atoms with Crippen molar-refractivity contribution in [2.45, 2.75) is 71.3 Å². The maximum atomic E-state index is 6.42. The van der Waals surface area contributed by atoms with Crippen molar-refractivity contribution in [3.8, 4) is 0 Å². The molecule has 102 valence electrons. The number of aryl methyl sites for hydroxylation is 2. The number of hydrogen-bond donors (Lipinski definition) is 1. The molecule has 0 aliphatic heterocycles. The van der Waals surface area contributed by atoms with Crippen LogP contribution < -0.4 is 5.73 Å². The van der Waals surface area contributed by atoms with Crippen LogP contribution in [-0.4, -0.2) is 10.5 Å². The molecule has 0 spiro atoms. The standard InChI is InChI=1S/C14H22N2.C2H6/c1-12-9-13(11-16-10-12)5-8-14(15)6-3-2-4-7-14;1-2/h9-11H,2-8,15H2,1H3;1-2H3. The molecule has 1 aliphatic carbocycles. The third-order valence-corrected chi connectivity index (χ3v) is 3.69. The maximum absolute atomic E-state index is 6.42. The van der Waals surface area contributed by atoms with E-state index in [1.807, 2.05) is 26.2 Å². The van der Waals surface area contributed by atoms with Gasteiger partial charge in [0.1, 0.15) is 0 Å². The van der Waals surface area contributed by atoms with Crippen molar-refractivity contribution in [1.82, 2.24) is 4.98 Å². The number of nitrogens with zero attached hydrogens (tertiary/aromatic N) is 1. The van der Waals surface area contributed by atoms with Crippen molar-refractivity contribution in [3.05, 3.63) is 29.6 Å². The molecule has 0 unspecified atom stereocenters. The van der Waals surface area contributed by atoms with Crippen molar-refractivity contribution < 1.29 is 0 Å². The fraction of sp³-hybridized carbons (Fsp3) is 0.688. The van der Waals surface area contributed by atoms with Gasteiger partial charge in [0.05, 0.1) is 0 Å². The van der Waals surface area contributed by atoms with Gasteiger partial charge < -0.3 is 5.73 Å². The third-order valence-electron chi connectivity index (χ3n) is 3.69. The summed E-state index contributed by atoms with van der Waals surface area (Å²) in [5.41, 5.74) is 9.10. The first-order valence-electron chi connectivity index (χ1n) is 7.37. The second kappa shape index (κ2) is 7.52. The van der Waals surface area contributed by atoms with Crippen LogP contribution in [0.4, 0.5) is 0 Å². The Hall–Kier alpha value is -0.890. The molecule has 0 atom stereocenters. The van der Waals surface area contributed by atoms with E-state index in [1.165, 1.54) is 43.2 Å². The molecule has 0 amide bonds. The monoisotopic (exact) mass is 248 g/mol. The first-order chi connectivity index (χ1) is 8.68. The van der Waals surface area contributed by atoms with E-state index in [9.17, 15) is 0 Å². The molecule has 1 aromatic rings. The lowest BCUT2D eigenvalue weighted by molar-refractivity contribution is 0.278. The van der Waals surface area contributed by atoms with Gasteiger partial charge in [0.15, 0.2) is 0 Å². The van der Waals surface area contributed by atoms with Crippen molar-refractivity contribution in [2.24, 2.45) is 5.73 Å². The fourth-order valence-electron chi connectivity index (χ4n) is 2.65. The highest BCUT2D eigenvalue weighted by atomic mass is 14.7. The third kappa shape index (κ3) is 4.77. The molecule has 0 saturated heterocycles. The Balaban J connectivity index is 0.000000771. The van der Waals surface area contributed by atoms with E-state index in [4.69, 9.17) is 5.73 Å². The summed E-state index contributed by atoms with van der Waals surface area (Å²) < 4.78 is 0. The van der Waals surface area contributed by atoms with E-state index in [2.05, 4.69) is 18.0 Å². The average Bonchev–Trinajstić information content (AvgIpc) is 2.40. The largest absolute Gasteiger partial charge is 0.325 e. The van der Waals surface area contributed by atoms with Gasteiger partial charge in [-0.2, -0.15) is 0 Å². The Morgan fingerprint density at radius 2 is 1.83 bits per heavy atom. The number of rotatable bonds is 3. The zero-order valence-corrected chi connectivity index (χ0v) is 12.2. The van der Waals surface area contributed by atoms with Gasteiger partial charge in [-0.05, 0) is 43.7 Å². The lowest BCUT2D eigenvalue weighted by Gasteiger charge is -2.33. The molecule has 0 bridgehead atoms. The Kier molecular flexibility index (Phi) is 6.34. The number of aromatic nitrogens is 1. The molecule has 1 fully saturated rings. The van der Waals surface area contributed by atoms with Crippen LogP contribution in [0.2, 0.25) is 0 Å². The first-order valence-corrected chi connectivity index (χ1v) is 7.37. The summed E-state index contributed by atoms with van der Waals surface area (Å²) in [6.07, 6.45) is 12.4. The summed E-state index contributed by atoms with van der Waals surface area (Å²) in [4.78, 5) is 4.23. The van der Waals surface area contributed by atoms with Gasteiger partial charge in [-0.1, -0.05) is 39.2 Å². The van der Waals surface area contributed by atoms with Crippen molar-refractivity contribution in [3.63, 3.8) is 0 Å². The van der Waals surface area contributed by atoms with Crippen LogP contribution in [0.1, 0.15) is 63.5 Å². The highest BCUT2D eigenvalue weighted by Gasteiger charge is 2.26. The second-order valence-corrected chi connectivity index (χ2v) is 5.29. The van der Waals surface area contributed by atoms with Crippen LogP contribution in [0.15, 0.2) is 18.5 Å². The van der Waals surface area contributed by atoms with Crippen LogP contribution in [0.3, 0.4) is 0 Å². The van der Waals surface area contributed by atoms with Crippen molar-refractivity contribution in [2.75, 3.05) is 0 Å². The molecule has 2 N–H and O–H groups in total. The molecule has 18 heavy (non-hydrogen) atoms. The molecule has 1 saturated carbocycles. The Morgan fingerprint density at radius 1 is 1.17 bits per heavy atom. The molecule has 2 rings (SSSR count). The summed E-state index contributed by atoms with van der Waals surface area (Å²) >= 11 is 0. The molecule has 0 aromatic carbocycles. The highest BCUT2D eigenvalue weighted by Crippen LogP contribution is 2.29. The summed E-state index contributed by atoms with van der Waals surface area (Å²) in [6.45, 7) is 6.09. The normalized spacial score (nSPS) is 17.8. The molecular formula is C16H28N2. The highest BCUT2D eigenvalue weighted by molar-refractivity contribution is 5.17. The molecule has 1 heterocycles. The van der Waals surface area contributed by atoms with Crippen LogP contribution in [-0.2, 0) is 6.42 Å². The second-order valence-electron chi connectivity index (χ2n) is 5.29. The minimum atomic E-state index is 0.0992. The molecule has 1 aromatic heterocycles. The van der Waals surface area contributed by atoms with Crippen molar-refractivity contribution >= 4 is 0 Å². The average molecular weight is 248 g/mol. The smallest absolute Gasteiger partial charge is 0.0300 e. The molecule has 0 radical (unpaired) electrons. The van der Waals surface area contributed by atoms with Gasteiger partial charge in [-0.15, -0.1) is 0 Å². The topological polar surface area (TPSA) is 38.9 Å². The van der Waals surface area contributed by atoms with Crippen molar-refractivity contribution in [1.29, 1.82) is 0 Å². The number of hydrogen-bond acceptors (Lipinski definition) is 2. The molecule has 2 heteroatoms. The Labute approximate surface area is 112 Å². The zero-order chi connectivity index (χ0) is 13.4.